The predicted molar refractivity (Wildman–Crippen MR) is 67.8 cm³/mol. The van der Waals surface area contributed by atoms with E-state index < -0.39 is 0 Å². The van der Waals surface area contributed by atoms with Crippen molar-refractivity contribution in [3.63, 3.8) is 0 Å². The summed E-state index contributed by atoms with van der Waals surface area (Å²) in [6.07, 6.45) is 4.03. The summed E-state index contributed by atoms with van der Waals surface area (Å²) < 4.78 is 0. The molecule has 0 radical (unpaired) electrons. The molecule has 0 aromatic carbocycles. The molecule has 0 unspecified atom stereocenters. The minimum absolute atomic E-state index is 0.173. The molecule has 0 saturated carbocycles. The zero-order valence-corrected chi connectivity index (χ0v) is 10.5. The predicted octanol–water partition coefficient (Wildman–Crippen LogP) is 2.38. The maximum Gasteiger partial charge on any atom is 0.128 e. The maximum absolute atomic E-state index is 9.12. The first-order valence-electron chi connectivity index (χ1n) is 6.03. The molecule has 0 spiro atoms. The highest BCUT2D eigenvalue weighted by Crippen LogP contribution is 2.17. The number of anilines is 1. The summed E-state index contributed by atoms with van der Waals surface area (Å²) in [5, 5.41) is 9.12. The second kappa shape index (κ2) is 6.48. The molecule has 1 aromatic heterocycles. The molecule has 0 fully saturated rings. The van der Waals surface area contributed by atoms with Gasteiger partial charge in [0.1, 0.15) is 5.82 Å². The first-order chi connectivity index (χ1) is 7.72. The number of aryl methyl sites for hydroxylation is 1. The molecular weight excluding hydrogens is 200 g/mol. The quantitative estimate of drug-likeness (QED) is 0.803. The number of nitrogens with zero attached hydrogens (tertiary/aromatic N) is 2. The van der Waals surface area contributed by atoms with E-state index in [4.69, 9.17) is 5.11 Å². The van der Waals surface area contributed by atoms with Crippen LogP contribution in [0.4, 0.5) is 5.82 Å². The van der Waals surface area contributed by atoms with Crippen molar-refractivity contribution < 1.29 is 5.11 Å². The molecule has 0 atom stereocenters. The molecule has 90 valence electrons. The molecule has 1 aromatic rings. The van der Waals surface area contributed by atoms with Gasteiger partial charge >= 0.3 is 0 Å². The Morgan fingerprint density at radius 3 is 2.44 bits per heavy atom. The van der Waals surface area contributed by atoms with Crippen molar-refractivity contribution in [1.29, 1.82) is 0 Å². The van der Waals surface area contributed by atoms with E-state index >= 15 is 0 Å². The molecule has 1 heterocycles. The number of aromatic nitrogens is 1. The highest BCUT2D eigenvalue weighted by molar-refractivity contribution is 5.40. The fourth-order valence-corrected chi connectivity index (χ4v) is 1.95. The Balaban J connectivity index is 2.87. The van der Waals surface area contributed by atoms with Crippen LogP contribution in [-0.4, -0.2) is 29.3 Å². The molecule has 1 N–H and O–H groups in total. The van der Waals surface area contributed by atoms with Crippen molar-refractivity contribution in [2.75, 3.05) is 18.1 Å². The van der Waals surface area contributed by atoms with Crippen LogP contribution in [0.2, 0.25) is 0 Å². The molecule has 0 bridgehead atoms. The SMILES string of the molecule is CCC(CC)N(CCO)c1ccc(C)cn1. The summed E-state index contributed by atoms with van der Waals surface area (Å²) in [6, 6.07) is 4.56. The maximum atomic E-state index is 9.12. The Kier molecular flexibility index (Phi) is 5.26. The van der Waals surface area contributed by atoms with Crippen LogP contribution in [0.3, 0.4) is 0 Å². The lowest BCUT2D eigenvalue weighted by Crippen LogP contribution is -2.37. The number of rotatable bonds is 6. The number of hydrogen-bond donors (Lipinski definition) is 1. The number of hydrogen-bond acceptors (Lipinski definition) is 3. The Morgan fingerprint density at radius 1 is 1.31 bits per heavy atom. The van der Waals surface area contributed by atoms with E-state index in [1.807, 2.05) is 19.2 Å². The van der Waals surface area contributed by atoms with Crippen molar-refractivity contribution in [1.82, 2.24) is 4.98 Å². The van der Waals surface area contributed by atoms with E-state index in [0.29, 0.717) is 12.6 Å². The monoisotopic (exact) mass is 222 g/mol. The van der Waals surface area contributed by atoms with Gasteiger partial charge in [0.25, 0.3) is 0 Å². The Bertz CT molecular complexity index is 293. The molecule has 0 amide bonds. The first-order valence-corrected chi connectivity index (χ1v) is 6.03. The number of aliphatic hydroxyl groups excluding tert-OH is 1. The lowest BCUT2D eigenvalue weighted by molar-refractivity contribution is 0.295. The lowest BCUT2D eigenvalue weighted by Gasteiger charge is -2.31. The first kappa shape index (κ1) is 13.0. The van der Waals surface area contributed by atoms with Gasteiger partial charge in [-0.05, 0) is 31.4 Å². The van der Waals surface area contributed by atoms with Crippen molar-refractivity contribution in [3.05, 3.63) is 23.9 Å². The third-order valence-electron chi connectivity index (χ3n) is 2.91. The highest BCUT2D eigenvalue weighted by atomic mass is 16.3. The summed E-state index contributed by atoms with van der Waals surface area (Å²) in [5.74, 6) is 0.966. The van der Waals surface area contributed by atoms with Crippen LogP contribution in [-0.2, 0) is 0 Å². The Hall–Kier alpha value is -1.09. The van der Waals surface area contributed by atoms with Crippen LogP contribution >= 0.6 is 0 Å². The summed E-state index contributed by atoms with van der Waals surface area (Å²) in [7, 11) is 0. The Labute approximate surface area is 98.1 Å². The summed E-state index contributed by atoms with van der Waals surface area (Å²) >= 11 is 0. The Morgan fingerprint density at radius 2 is 2.00 bits per heavy atom. The fraction of sp³-hybridized carbons (Fsp3) is 0.615. The van der Waals surface area contributed by atoms with E-state index in [2.05, 4.69) is 29.8 Å². The van der Waals surface area contributed by atoms with Gasteiger partial charge in [-0.2, -0.15) is 0 Å². The molecule has 16 heavy (non-hydrogen) atoms. The summed E-state index contributed by atoms with van der Waals surface area (Å²) in [6.45, 7) is 7.21. The van der Waals surface area contributed by atoms with Crippen LogP contribution in [0, 0.1) is 6.92 Å². The third-order valence-corrected chi connectivity index (χ3v) is 2.91. The van der Waals surface area contributed by atoms with Gasteiger partial charge in [0.05, 0.1) is 6.61 Å². The topological polar surface area (TPSA) is 36.4 Å². The second-order valence-electron chi connectivity index (χ2n) is 4.08. The standard InChI is InChI=1S/C13H22N2O/c1-4-12(5-2)15(8-9-16)13-7-6-11(3)10-14-13/h6-7,10,12,16H,4-5,8-9H2,1-3H3. The lowest BCUT2D eigenvalue weighted by atomic mass is 10.1. The smallest absolute Gasteiger partial charge is 0.128 e. The van der Waals surface area contributed by atoms with Gasteiger partial charge in [-0.25, -0.2) is 4.98 Å². The summed E-state index contributed by atoms with van der Waals surface area (Å²) in [5.41, 5.74) is 1.16. The molecule has 0 saturated heterocycles. The number of aliphatic hydroxyl groups is 1. The van der Waals surface area contributed by atoms with E-state index in [-0.39, 0.29) is 6.61 Å². The van der Waals surface area contributed by atoms with Gasteiger partial charge in [0.2, 0.25) is 0 Å². The van der Waals surface area contributed by atoms with Crippen molar-refractivity contribution in [2.45, 2.75) is 39.7 Å². The van der Waals surface area contributed by atoms with Crippen molar-refractivity contribution in [2.24, 2.45) is 0 Å². The van der Waals surface area contributed by atoms with Gasteiger partial charge in [-0.1, -0.05) is 19.9 Å². The average molecular weight is 222 g/mol. The zero-order chi connectivity index (χ0) is 12.0. The largest absolute Gasteiger partial charge is 0.395 e. The average Bonchev–Trinajstić information content (AvgIpc) is 2.31. The van der Waals surface area contributed by atoms with Crippen LogP contribution < -0.4 is 4.90 Å². The third kappa shape index (κ3) is 3.20. The molecular formula is C13H22N2O. The van der Waals surface area contributed by atoms with Crippen LogP contribution in [0.15, 0.2) is 18.3 Å². The molecule has 3 nitrogen and oxygen atoms in total. The van der Waals surface area contributed by atoms with Gasteiger partial charge in [-0.3, -0.25) is 0 Å². The fourth-order valence-electron chi connectivity index (χ4n) is 1.95. The molecule has 0 aliphatic rings. The van der Waals surface area contributed by atoms with Gasteiger partial charge in [0, 0.05) is 18.8 Å². The molecule has 0 aliphatic heterocycles. The van der Waals surface area contributed by atoms with E-state index in [1.165, 1.54) is 0 Å². The second-order valence-corrected chi connectivity index (χ2v) is 4.08. The van der Waals surface area contributed by atoms with Gasteiger partial charge < -0.3 is 10.0 Å². The van der Waals surface area contributed by atoms with Crippen molar-refractivity contribution >= 4 is 5.82 Å². The van der Waals surface area contributed by atoms with E-state index in [0.717, 1.165) is 24.2 Å². The van der Waals surface area contributed by atoms with Crippen LogP contribution in [0.5, 0.6) is 0 Å². The van der Waals surface area contributed by atoms with Crippen molar-refractivity contribution in [3.8, 4) is 0 Å². The zero-order valence-electron chi connectivity index (χ0n) is 10.5. The minimum Gasteiger partial charge on any atom is -0.395 e. The minimum atomic E-state index is 0.173. The van der Waals surface area contributed by atoms with E-state index in [9.17, 15) is 0 Å². The van der Waals surface area contributed by atoms with Crippen LogP contribution in [0.25, 0.3) is 0 Å². The van der Waals surface area contributed by atoms with Crippen LogP contribution in [0.1, 0.15) is 32.3 Å². The number of pyridine rings is 1. The molecule has 0 aliphatic carbocycles. The molecule has 3 heteroatoms. The van der Waals surface area contributed by atoms with Gasteiger partial charge in [0.15, 0.2) is 0 Å². The summed E-state index contributed by atoms with van der Waals surface area (Å²) in [4.78, 5) is 6.62. The van der Waals surface area contributed by atoms with E-state index in [1.54, 1.807) is 0 Å². The molecule has 1 rings (SSSR count). The highest BCUT2D eigenvalue weighted by Gasteiger charge is 2.15. The normalized spacial score (nSPS) is 10.8. The van der Waals surface area contributed by atoms with Gasteiger partial charge in [-0.15, -0.1) is 0 Å².